The van der Waals surface area contributed by atoms with E-state index >= 15 is 0 Å². The van der Waals surface area contributed by atoms with Crippen LogP contribution in [0, 0.1) is 0 Å². The molecular formula is C14H17N3O2S. The van der Waals surface area contributed by atoms with Crippen LogP contribution in [0.4, 0.5) is 5.69 Å². The molecule has 1 heterocycles. The average Bonchev–Trinajstić information content (AvgIpc) is 2.81. The lowest BCUT2D eigenvalue weighted by Gasteiger charge is -2.14. The molecule has 0 spiro atoms. The number of carbonyl (C=O) groups excluding carboxylic acids is 2. The minimum atomic E-state index is -0.304. The van der Waals surface area contributed by atoms with Gasteiger partial charge in [-0.1, -0.05) is 18.2 Å². The summed E-state index contributed by atoms with van der Waals surface area (Å²) in [4.78, 5) is 25.8. The number of nitrogens with zero attached hydrogens (tertiary/aromatic N) is 1. The Morgan fingerprint density at radius 1 is 1.35 bits per heavy atom. The second kappa shape index (κ2) is 5.92. The van der Waals surface area contributed by atoms with Crippen molar-refractivity contribution in [1.29, 1.82) is 0 Å². The van der Waals surface area contributed by atoms with Crippen molar-refractivity contribution in [1.82, 2.24) is 10.2 Å². The molecular weight excluding hydrogens is 274 g/mol. The summed E-state index contributed by atoms with van der Waals surface area (Å²) in [5.74, 6) is -0.429. The van der Waals surface area contributed by atoms with Crippen molar-refractivity contribution in [2.24, 2.45) is 0 Å². The summed E-state index contributed by atoms with van der Waals surface area (Å²) in [6.07, 6.45) is 0. The molecule has 0 bridgehead atoms. The molecule has 0 saturated carbocycles. The number of benzene rings is 1. The van der Waals surface area contributed by atoms with E-state index < -0.39 is 0 Å². The van der Waals surface area contributed by atoms with Crippen LogP contribution in [-0.2, 0) is 4.79 Å². The molecule has 0 atom stereocenters. The zero-order valence-corrected chi connectivity index (χ0v) is 12.3. The number of hydrogen-bond acceptors (Lipinski definition) is 4. The lowest BCUT2D eigenvalue weighted by atomic mass is 10.2. The van der Waals surface area contributed by atoms with Crippen molar-refractivity contribution in [3.8, 4) is 0 Å². The molecule has 5 nitrogen and oxygen atoms in total. The molecule has 6 heteroatoms. The van der Waals surface area contributed by atoms with Crippen LogP contribution in [0.15, 0.2) is 24.3 Å². The fourth-order valence-electron chi connectivity index (χ4n) is 1.78. The van der Waals surface area contributed by atoms with E-state index in [9.17, 15) is 9.59 Å². The Bertz CT molecular complexity index is 651. The number of nitrogens with two attached hydrogens (primary N) is 1. The zero-order chi connectivity index (χ0) is 14.7. The van der Waals surface area contributed by atoms with Gasteiger partial charge in [0.25, 0.3) is 5.91 Å². The molecule has 0 unspecified atom stereocenters. The summed E-state index contributed by atoms with van der Waals surface area (Å²) in [5, 5.41) is 3.49. The van der Waals surface area contributed by atoms with Crippen molar-refractivity contribution < 1.29 is 9.59 Å². The second-order valence-electron chi connectivity index (χ2n) is 4.43. The third-order valence-corrected chi connectivity index (χ3v) is 4.33. The number of nitrogen functional groups attached to an aromatic ring is 1. The Kier molecular flexibility index (Phi) is 4.24. The number of nitrogens with one attached hydrogen (secondary N) is 1. The molecule has 2 aromatic rings. The number of amides is 2. The Balaban J connectivity index is 2.12. The van der Waals surface area contributed by atoms with Crippen LogP contribution < -0.4 is 11.1 Å². The number of rotatable bonds is 4. The van der Waals surface area contributed by atoms with Gasteiger partial charge < -0.3 is 16.0 Å². The number of likely N-dealkylation sites (N-methyl/N-ethyl adjacent to an activating group) is 1. The van der Waals surface area contributed by atoms with Crippen LogP contribution >= 0.6 is 11.3 Å². The van der Waals surface area contributed by atoms with Crippen LogP contribution in [0.2, 0.25) is 0 Å². The van der Waals surface area contributed by atoms with Gasteiger partial charge in [-0.05, 0) is 13.0 Å². The minimum absolute atomic E-state index is 0.0170. The van der Waals surface area contributed by atoms with Gasteiger partial charge in [0.05, 0.1) is 12.2 Å². The Morgan fingerprint density at radius 2 is 2.05 bits per heavy atom. The van der Waals surface area contributed by atoms with Gasteiger partial charge in [-0.3, -0.25) is 9.59 Å². The quantitative estimate of drug-likeness (QED) is 0.900. The fourth-order valence-corrected chi connectivity index (χ4v) is 2.82. The van der Waals surface area contributed by atoms with E-state index in [1.807, 2.05) is 31.2 Å². The number of fused-ring (bicyclic) bond motifs is 1. The molecule has 20 heavy (non-hydrogen) atoms. The van der Waals surface area contributed by atoms with E-state index in [4.69, 9.17) is 5.73 Å². The number of anilines is 1. The molecule has 0 fully saturated rings. The normalized spacial score (nSPS) is 10.5. The highest BCUT2D eigenvalue weighted by Gasteiger charge is 2.17. The summed E-state index contributed by atoms with van der Waals surface area (Å²) in [6, 6.07) is 7.59. The van der Waals surface area contributed by atoms with Crippen LogP contribution in [0.1, 0.15) is 16.6 Å². The van der Waals surface area contributed by atoms with Gasteiger partial charge in [-0.25, -0.2) is 0 Å². The van der Waals surface area contributed by atoms with Crippen molar-refractivity contribution in [3.63, 3.8) is 0 Å². The molecule has 3 N–H and O–H groups in total. The SMILES string of the molecule is CCN(C)C(=O)CNC(=O)c1sc2ccccc2c1N. The van der Waals surface area contributed by atoms with Gasteiger partial charge in [0.1, 0.15) is 4.88 Å². The zero-order valence-electron chi connectivity index (χ0n) is 11.5. The topological polar surface area (TPSA) is 75.4 Å². The summed E-state index contributed by atoms with van der Waals surface area (Å²) >= 11 is 1.34. The molecule has 0 aliphatic rings. The Hall–Kier alpha value is -2.08. The van der Waals surface area contributed by atoms with Crippen molar-refractivity contribution in [3.05, 3.63) is 29.1 Å². The van der Waals surface area contributed by atoms with Crippen LogP contribution in [0.5, 0.6) is 0 Å². The summed E-state index contributed by atoms with van der Waals surface area (Å²) in [7, 11) is 1.70. The van der Waals surface area contributed by atoms with Crippen molar-refractivity contribution in [2.75, 3.05) is 25.9 Å². The first-order chi connectivity index (χ1) is 9.54. The summed E-state index contributed by atoms with van der Waals surface area (Å²) < 4.78 is 0.965. The molecule has 0 radical (unpaired) electrons. The molecule has 106 valence electrons. The van der Waals surface area contributed by atoms with Gasteiger partial charge >= 0.3 is 0 Å². The van der Waals surface area contributed by atoms with E-state index in [1.165, 1.54) is 11.3 Å². The highest BCUT2D eigenvalue weighted by Crippen LogP contribution is 2.33. The first-order valence-electron chi connectivity index (χ1n) is 6.33. The molecule has 2 amide bonds. The molecule has 2 rings (SSSR count). The van der Waals surface area contributed by atoms with Gasteiger partial charge in [0, 0.05) is 23.7 Å². The third kappa shape index (κ3) is 2.75. The maximum Gasteiger partial charge on any atom is 0.263 e. The standard InChI is InChI=1S/C14H17N3O2S/c1-3-17(2)11(18)8-16-14(19)13-12(15)9-6-4-5-7-10(9)20-13/h4-7H,3,8,15H2,1-2H3,(H,16,19). The number of hydrogen-bond donors (Lipinski definition) is 2. The largest absolute Gasteiger partial charge is 0.397 e. The predicted molar refractivity (Wildman–Crippen MR) is 81.9 cm³/mol. The highest BCUT2D eigenvalue weighted by molar-refractivity contribution is 7.21. The summed E-state index contributed by atoms with van der Waals surface area (Å²) in [5.41, 5.74) is 6.46. The van der Waals surface area contributed by atoms with E-state index in [1.54, 1.807) is 11.9 Å². The number of thiophene rings is 1. The minimum Gasteiger partial charge on any atom is -0.397 e. The Morgan fingerprint density at radius 3 is 2.70 bits per heavy atom. The predicted octanol–water partition coefficient (Wildman–Crippen LogP) is 1.69. The lowest BCUT2D eigenvalue weighted by Crippen LogP contribution is -2.37. The van der Waals surface area contributed by atoms with E-state index in [-0.39, 0.29) is 18.4 Å². The number of carbonyl (C=O) groups is 2. The highest BCUT2D eigenvalue weighted by atomic mass is 32.1. The first kappa shape index (κ1) is 14.3. The molecule has 0 aliphatic heterocycles. The molecule has 0 aliphatic carbocycles. The van der Waals surface area contributed by atoms with E-state index in [0.717, 1.165) is 10.1 Å². The first-order valence-corrected chi connectivity index (χ1v) is 7.15. The van der Waals surface area contributed by atoms with Gasteiger partial charge in [-0.15, -0.1) is 11.3 Å². The van der Waals surface area contributed by atoms with Crippen LogP contribution in [0.25, 0.3) is 10.1 Å². The fraction of sp³-hybridized carbons (Fsp3) is 0.286. The van der Waals surface area contributed by atoms with Crippen LogP contribution in [-0.4, -0.2) is 36.9 Å². The monoisotopic (exact) mass is 291 g/mol. The summed E-state index contributed by atoms with van der Waals surface area (Å²) in [6.45, 7) is 2.47. The van der Waals surface area contributed by atoms with Crippen LogP contribution in [0.3, 0.4) is 0 Å². The molecule has 0 saturated heterocycles. The Labute approximate surface area is 121 Å². The molecule has 1 aromatic carbocycles. The smallest absolute Gasteiger partial charge is 0.263 e. The third-order valence-electron chi connectivity index (χ3n) is 3.14. The van der Waals surface area contributed by atoms with Crippen molar-refractivity contribution in [2.45, 2.75) is 6.92 Å². The van der Waals surface area contributed by atoms with Gasteiger partial charge in [0.2, 0.25) is 5.91 Å². The van der Waals surface area contributed by atoms with Gasteiger partial charge in [0.15, 0.2) is 0 Å². The molecule has 1 aromatic heterocycles. The van der Waals surface area contributed by atoms with Crippen molar-refractivity contribution >= 4 is 38.9 Å². The van der Waals surface area contributed by atoms with E-state index in [2.05, 4.69) is 5.32 Å². The average molecular weight is 291 g/mol. The van der Waals surface area contributed by atoms with E-state index in [0.29, 0.717) is 17.1 Å². The maximum absolute atomic E-state index is 12.1. The maximum atomic E-state index is 12.1. The second-order valence-corrected chi connectivity index (χ2v) is 5.48. The lowest BCUT2D eigenvalue weighted by molar-refractivity contribution is -0.128. The van der Waals surface area contributed by atoms with Gasteiger partial charge in [-0.2, -0.15) is 0 Å².